The molecule has 0 spiro atoms. The molecule has 1 aromatic carbocycles. The van der Waals surface area contributed by atoms with Gasteiger partial charge in [0.15, 0.2) is 0 Å². The second-order valence-electron chi connectivity index (χ2n) is 5.46. The molecule has 2 rings (SSSR count). The monoisotopic (exact) mass is 300 g/mol. The average Bonchev–Trinajstić information content (AvgIpc) is 2.66. The molecule has 1 aromatic rings. The van der Waals surface area contributed by atoms with Crippen LogP contribution < -0.4 is 11.1 Å². The summed E-state index contributed by atoms with van der Waals surface area (Å²) in [5.41, 5.74) is 4.00. The van der Waals surface area contributed by atoms with Crippen LogP contribution in [-0.4, -0.2) is 11.9 Å². The molecular formula is C15H19F3N2O. The number of hydrogen-bond acceptors (Lipinski definition) is 2. The van der Waals surface area contributed by atoms with Gasteiger partial charge in [-0.3, -0.25) is 4.79 Å². The number of halogens is 3. The van der Waals surface area contributed by atoms with E-state index in [9.17, 15) is 18.0 Å². The largest absolute Gasteiger partial charge is 0.418 e. The highest BCUT2D eigenvalue weighted by molar-refractivity contribution is 5.95. The lowest BCUT2D eigenvalue weighted by molar-refractivity contribution is -0.136. The fraction of sp³-hybridized carbons (Fsp3) is 0.533. The molecule has 0 saturated heterocycles. The Hall–Kier alpha value is -1.72. The lowest BCUT2D eigenvalue weighted by atomic mass is 10.1. The summed E-state index contributed by atoms with van der Waals surface area (Å²) in [5, 5.41) is 2.83. The van der Waals surface area contributed by atoms with Gasteiger partial charge in [-0.2, -0.15) is 13.2 Å². The first kappa shape index (κ1) is 15.7. The first-order valence-corrected chi connectivity index (χ1v) is 7.15. The van der Waals surface area contributed by atoms with E-state index in [2.05, 4.69) is 5.32 Å². The summed E-state index contributed by atoms with van der Waals surface area (Å²) < 4.78 is 38.4. The van der Waals surface area contributed by atoms with E-state index in [0.717, 1.165) is 50.7 Å². The van der Waals surface area contributed by atoms with Gasteiger partial charge < -0.3 is 11.1 Å². The van der Waals surface area contributed by atoms with E-state index in [4.69, 9.17) is 5.73 Å². The fourth-order valence-electron chi connectivity index (χ4n) is 2.64. The highest BCUT2D eigenvalue weighted by atomic mass is 19.4. The molecular weight excluding hydrogens is 281 g/mol. The molecule has 0 aliphatic heterocycles. The van der Waals surface area contributed by atoms with Gasteiger partial charge in [0.2, 0.25) is 0 Å². The maximum absolute atomic E-state index is 12.8. The van der Waals surface area contributed by atoms with Crippen molar-refractivity contribution in [1.82, 2.24) is 5.32 Å². The van der Waals surface area contributed by atoms with E-state index in [1.54, 1.807) is 0 Å². The SMILES string of the molecule is Nc1ccc(C(=O)NC2CCCCCC2)cc1C(F)(F)F. The van der Waals surface area contributed by atoms with Crippen LogP contribution in [0.15, 0.2) is 18.2 Å². The maximum Gasteiger partial charge on any atom is 0.418 e. The molecule has 0 unspecified atom stereocenters. The number of anilines is 1. The van der Waals surface area contributed by atoms with Crippen molar-refractivity contribution >= 4 is 11.6 Å². The van der Waals surface area contributed by atoms with Crippen molar-refractivity contribution in [1.29, 1.82) is 0 Å². The predicted molar refractivity (Wildman–Crippen MR) is 74.8 cm³/mol. The topological polar surface area (TPSA) is 55.1 Å². The van der Waals surface area contributed by atoms with E-state index in [-0.39, 0.29) is 17.3 Å². The molecule has 0 heterocycles. The van der Waals surface area contributed by atoms with Crippen LogP contribution >= 0.6 is 0 Å². The summed E-state index contributed by atoms with van der Waals surface area (Å²) in [6, 6.07) is 3.33. The summed E-state index contributed by atoms with van der Waals surface area (Å²) in [4.78, 5) is 12.1. The van der Waals surface area contributed by atoms with Crippen molar-refractivity contribution in [3.8, 4) is 0 Å². The average molecular weight is 300 g/mol. The number of amides is 1. The minimum absolute atomic E-state index is 0.000715. The van der Waals surface area contributed by atoms with Crippen molar-refractivity contribution < 1.29 is 18.0 Å². The molecule has 1 aliphatic carbocycles. The van der Waals surface area contributed by atoms with Gasteiger partial charge in [-0.25, -0.2) is 0 Å². The summed E-state index contributed by atoms with van der Waals surface area (Å²) in [6.07, 6.45) is 1.59. The molecule has 0 aromatic heterocycles. The van der Waals surface area contributed by atoms with E-state index >= 15 is 0 Å². The second kappa shape index (κ2) is 6.37. The van der Waals surface area contributed by atoms with Gasteiger partial charge in [0.25, 0.3) is 5.91 Å². The first-order valence-electron chi connectivity index (χ1n) is 7.15. The van der Waals surface area contributed by atoms with Gasteiger partial charge in [-0.1, -0.05) is 25.7 Å². The second-order valence-corrected chi connectivity index (χ2v) is 5.46. The van der Waals surface area contributed by atoms with E-state index < -0.39 is 17.6 Å². The molecule has 116 valence electrons. The number of hydrogen-bond donors (Lipinski definition) is 2. The first-order chi connectivity index (χ1) is 9.88. The van der Waals surface area contributed by atoms with Crippen LogP contribution in [0.25, 0.3) is 0 Å². The van der Waals surface area contributed by atoms with Gasteiger partial charge in [0.05, 0.1) is 5.56 Å². The number of nitrogens with two attached hydrogens (primary N) is 1. The Balaban J connectivity index is 2.12. The fourth-order valence-corrected chi connectivity index (χ4v) is 2.64. The predicted octanol–water partition coefficient (Wildman–Crippen LogP) is 3.74. The normalized spacial score (nSPS) is 17.3. The number of carbonyl (C=O) groups excluding carboxylic acids is 1. The Labute approximate surface area is 121 Å². The number of nitrogen functional groups attached to an aromatic ring is 1. The lowest BCUT2D eigenvalue weighted by Crippen LogP contribution is -2.34. The zero-order chi connectivity index (χ0) is 15.5. The van der Waals surface area contributed by atoms with Crippen LogP contribution in [0.2, 0.25) is 0 Å². The van der Waals surface area contributed by atoms with Gasteiger partial charge in [0.1, 0.15) is 0 Å². The van der Waals surface area contributed by atoms with Crippen LogP contribution in [0, 0.1) is 0 Å². The molecule has 1 saturated carbocycles. The number of benzene rings is 1. The van der Waals surface area contributed by atoms with Gasteiger partial charge in [0, 0.05) is 17.3 Å². The zero-order valence-corrected chi connectivity index (χ0v) is 11.7. The van der Waals surface area contributed by atoms with Gasteiger partial charge in [-0.05, 0) is 31.0 Å². The van der Waals surface area contributed by atoms with Crippen molar-refractivity contribution in [3.63, 3.8) is 0 Å². The quantitative estimate of drug-likeness (QED) is 0.645. The lowest BCUT2D eigenvalue weighted by Gasteiger charge is -2.17. The highest BCUT2D eigenvalue weighted by Gasteiger charge is 2.33. The molecule has 6 heteroatoms. The smallest absolute Gasteiger partial charge is 0.398 e. The van der Waals surface area contributed by atoms with E-state index in [1.807, 2.05) is 0 Å². The Kier molecular flexibility index (Phi) is 4.75. The minimum Gasteiger partial charge on any atom is -0.398 e. The summed E-state index contributed by atoms with van der Waals surface area (Å²) >= 11 is 0. The third kappa shape index (κ3) is 4.12. The Morgan fingerprint density at radius 3 is 2.33 bits per heavy atom. The Morgan fingerprint density at radius 1 is 1.14 bits per heavy atom. The Bertz CT molecular complexity index is 506. The molecule has 0 atom stereocenters. The van der Waals surface area contributed by atoms with Gasteiger partial charge >= 0.3 is 6.18 Å². The number of carbonyl (C=O) groups is 1. The van der Waals surface area contributed by atoms with Gasteiger partial charge in [-0.15, -0.1) is 0 Å². The van der Waals surface area contributed by atoms with Crippen LogP contribution in [0.3, 0.4) is 0 Å². The van der Waals surface area contributed by atoms with Crippen molar-refractivity contribution in [2.75, 3.05) is 5.73 Å². The number of nitrogens with one attached hydrogen (secondary N) is 1. The summed E-state index contributed by atoms with van der Waals surface area (Å²) in [6.45, 7) is 0. The third-order valence-corrected chi connectivity index (χ3v) is 3.81. The molecule has 1 fully saturated rings. The number of alkyl halides is 3. The van der Waals surface area contributed by atoms with Crippen LogP contribution in [0.5, 0.6) is 0 Å². The summed E-state index contributed by atoms with van der Waals surface area (Å²) in [7, 11) is 0. The Morgan fingerprint density at radius 2 is 1.76 bits per heavy atom. The molecule has 21 heavy (non-hydrogen) atoms. The molecule has 1 aliphatic rings. The molecule has 3 nitrogen and oxygen atoms in total. The minimum atomic E-state index is -4.55. The standard InChI is InChI=1S/C15H19F3N2O/c16-15(17,18)12-9-10(7-8-13(12)19)14(21)20-11-5-3-1-2-4-6-11/h7-9,11H,1-6,19H2,(H,20,21). The molecule has 0 radical (unpaired) electrons. The van der Waals surface area contributed by atoms with E-state index in [0.29, 0.717) is 0 Å². The molecule has 3 N–H and O–H groups in total. The highest BCUT2D eigenvalue weighted by Crippen LogP contribution is 2.34. The summed E-state index contributed by atoms with van der Waals surface area (Å²) in [5.74, 6) is -0.465. The molecule has 1 amide bonds. The van der Waals surface area contributed by atoms with Crippen LogP contribution in [0.1, 0.15) is 54.4 Å². The van der Waals surface area contributed by atoms with E-state index in [1.165, 1.54) is 6.07 Å². The van der Waals surface area contributed by atoms with Crippen LogP contribution in [0.4, 0.5) is 18.9 Å². The van der Waals surface area contributed by atoms with Crippen molar-refractivity contribution in [2.45, 2.75) is 50.7 Å². The third-order valence-electron chi connectivity index (χ3n) is 3.81. The zero-order valence-electron chi connectivity index (χ0n) is 11.7. The number of rotatable bonds is 2. The van der Waals surface area contributed by atoms with Crippen LogP contribution in [-0.2, 0) is 6.18 Å². The van der Waals surface area contributed by atoms with Crippen molar-refractivity contribution in [3.05, 3.63) is 29.3 Å². The maximum atomic E-state index is 12.8. The molecule has 0 bridgehead atoms. The van der Waals surface area contributed by atoms with Crippen molar-refractivity contribution in [2.24, 2.45) is 0 Å².